The van der Waals surface area contributed by atoms with Crippen molar-refractivity contribution in [3.05, 3.63) is 59.7 Å². The molecule has 0 spiro atoms. The Kier molecular flexibility index (Phi) is 4.85. The van der Waals surface area contributed by atoms with Crippen LogP contribution < -0.4 is 9.64 Å². The molecule has 1 atom stereocenters. The van der Waals surface area contributed by atoms with Crippen LogP contribution in [-0.4, -0.2) is 18.6 Å². The number of carbonyl (C=O) groups excluding carboxylic acids is 1. The van der Waals surface area contributed by atoms with Gasteiger partial charge in [0.25, 0.3) is 5.91 Å². The number of benzene rings is 2. The minimum absolute atomic E-state index is 0.0485. The number of fused-ring (bicyclic) bond motifs is 1. The molecule has 3 rings (SSSR count). The fourth-order valence-electron chi connectivity index (χ4n) is 3.25. The number of carbonyl (C=O) groups is 1. The standard InChI is InChI=1S/C22H27NO2/c1-5-20(25-18-12-10-17(11-13-18)22(2,3)4)21(24)23-15-14-16-8-6-7-9-19(16)23/h6-13,20H,5,14-15H2,1-4H3/t20-/m1/s1. The first-order valence-corrected chi connectivity index (χ1v) is 9.06. The molecular formula is C22H27NO2. The van der Waals surface area contributed by atoms with Crippen molar-refractivity contribution in [3.8, 4) is 5.75 Å². The van der Waals surface area contributed by atoms with Gasteiger partial charge >= 0.3 is 0 Å². The third kappa shape index (κ3) is 3.71. The van der Waals surface area contributed by atoms with Crippen LogP contribution in [0.2, 0.25) is 0 Å². The van der Waals surface area contributed by atoms with Gasteiger partial charge in [-0.2, -0.15) is 0 Å². The average molecular weight is 337 g/mol. The predicted molar refractivity (Wildman–Crippen MR) is 102 cm³/mol. The number of amides is 1. The molecule has 1 aliphatic heterocycles. The van der Waals surface area contributed by atoms with Gasteiger partial charge in [-0.25, -0.2) is 0 Å². The molecule has 0 fully saturated rings. The van der Waals surface area contributed by atoms with Crippen molar-refractivity contribution in [2.75, 3.05) is 11.4 Å². The Morgan fingerprint density at radius 3 is 2.44 bits per heavy atom. The Labute approximate surface area is 150 Å². The monoisotopic (exact) mass is 337 g/mol. The van der Waals surface area contributed by atoms with Crippen LogP contribution in [0, 0.1) is 0 Å². The molecule has 0 aliphatic carbocycles. The number of para-hydroxylation sites is 1. The van der Waals surface area contributed by atoms with Crippen molar-refractivity contribution in [2.24, 2.45) is 0 Å². The second kappa shape index (κ2) is 6.91. The zero-order valence-corrected chi connectivity index (χ0v) is 15.6. The van der Waals surface area contributed by atoms with E-state index in [1.807, 2.05) is 42.2 Å². The summed E-state index contributed by atoms with van der Waals surface area (Å²) in [5, 5.41) is 0. The molecule has 2 aromatic rings. The van der Waals surface area contributed by atoms with Crippen LogP contribution >= 0.6 is 0 Å². The summed E-state index contributed by atoms with van der Waals surface area (Å²) in [6, 6.07) is 16.2. The normalized spacial score (nSPS) is 15.0. The topological polar surface area (TPSA) is 29.5 Å². The number of ether oxygens (including phenoxy) is 1. The van der Waals surface area contributed by atoms with Crippen LogP contribution in [0.3, 0.4) is 0 Å². The molecule has 1 amide bonds. The zero-order chi connectivity index (χ0) is 18.0. The van der Waals surface area contributed by atoms with Crippen LogP contribution in [-0.2, 0) is 16.6 Å². The summed E-state index contributed by atoms with van der Waals surface area (Å²) in [5.74, 6) is 0.799. The maximum absolute atomic E-state index is 13.0. The largest absolute Gasteiger partial charge is 0.481 e. The molecule has 25 heavy (non-hydrogen) atoms. The lowest BCUT2D eigenvalue weighted by Gasteiger charge is -2.24. The summed E-state index contributed by atoms with van der Waals surface area (Å²) in [4.78, 5) is 14.8. The van der Waals surface area contributed by atoms with Gasteiger partial charge in [0.1, 0.15) is 5.75 Å². The van der Waals surface area contributed by atoms with E-state index in [0.29, 0.717) is 6.42 Å². The molecule has 0 aromatic heterocycles. The van der Waals surface area contributed by atoms with E-state index in [-0.39, 0.29) is 11.3 Å². The van der Waals surface area contributed by atoms with Crippen molar-refractivity contribution < 1.29 is 9.53 Å². The van der Waals surface area contributed by atoms with Gasteiger partial charge in [0, 0.05) is 12.2 Å². The lowest BCUT2D eigenvalue weighted by atomic mass is 9.87. The molecule has 0 radical (unpaired) electrons. The lowest BCUT2D eigenvalue weighted by Crippen LogP contribution is -2.41. The smallest absolute Gasteiger partial charge is 0.268 e. The molecule has 0 N–H and O–H groups in total. The Balaban J connectivity index is 1.74. The summed E-state index contributed by atoms with van der Waals surface area (Å²) < 4.78 is 6.03. The Bertz CT molecular complexity index is 743. The van der Waals surface area contributed by atoms with E-state index in [1.54, 1.807) is 0 Å². The van der Waals surface area contributed by atoms with Gasteiger partial charge < -0.3 is 9.64 Å². The van der Waals surface area contributed by atoms with E-state index in [4.69, 9.17) is 4.74 Å². The van der Waals surface area contributed by atoms with Crippen molar-refractivity contribution in [3.63, 3.8) is 0 Å². The number of hydrogen-bond acceptors (Lipinski definition) is 2. The zero-order valence-electron chi connectivity index (χ0n) is 15.6. The third-order valence-electron chi connectivity index (χ3n) is 4.80. The van der Waals surface area contributed by atoms with Crippen LogP contribution in [0.4, 0.5) is 5.69 Å². The highest BCUT2D eigenvalue weighted by Crippen LogP contribution is 2.29. The van der Waals surface area contributed by atoms with Crippen LogP contribution in [0.25, 0.3) is 0 Å². The molecule has 0 saturated heterocycles. The lowest BCUT2D eigenvalue weighted by molar-refractivity contribution is -0.125. The molecule has 0 saturated carbocycles. The van der Waals surface area contributed by atoms with Gasteiger partial charge in [0.2, 0.25) is 0 Å². The maximum atomic E-state index is 13.0. The third-order valence-corrected chi connectivity index (χ3v) is 4.80. The minimum atomic E-state index is -0.452. The molecule has 3 nitrogen and oxygen atoms in total. The van der Waals surface area contributed by atoms with Gasteiger partial charge in [-0.15, -0.1) is 0 Å². The Hall–Kier alpha value is -2.29. The van der Waals surface area contributed by atoms with Gasteiger partial charge in [-0.3, -0.25) is 4.79 Å². The second-order valence-electron chi connectivity index (χ2n) is 7.66. The number of hydrogen-bond donors (Lipinski definition) is 0. The molecule has 132 valence electrons. The van der Waals surface area contributed by atoms with Gasteiger partial charge in [0.15, 0.2) is 6.10 Å². The number of nitrogens with zero attached hydrogens (tertiary/aromatic N) is 1. The second-order valence-corrected chi connectivity index (χ2v) is 7.66. The molecule has 3 heteroatoms. The molecule has 2 aromatic carbocycles. The van der Waals surface area contributed by atoms with Crippen molar-refractivity contribution >= 4 is 11.6 Å². The van der Waals surface area contributed by atoms with Crippen molar-refractivity contribution in [2.45, 2.75) is 52.1 Å². The van der Waals surface area contributed by atoms with E-state index in [2.05, 4.69) is 39.0 Å². The minimum Gasteiger partial charge on any atom is -0.481 e. The van der Waals surface area contributed by atoms with Gasteiger partial charge in [0.05, 0.1) is 0 Å². The average Bonchev–Trinajstić information content (AvgIpc) is 3.03. The van der Waals surface area contributed by atoms with Gasteiger partial charge in [-0.1, -0.05) is 58.0 Å². The molecule has 1 aliphatic rings. The molecule has 1 heterocycles. The van der Waals surface area contributed by atoms with Crippen molar-refractivity contribution in [1.82, 2.24) is 0 Å². The van der Waals surface area contributed by atoms with E-state index < -0.39 is 6.10 Å². The fourth-order valence-corrected chi connectivity index (χ4v) is 3.25. The van der Waals surface area contributed by atoms with E-state index >= 15 is 0 Å². The number of anilines is 1. The first-order chi connectivity index (χ1) is 11.9. The van der Waals surface area contributed by atoms with E-state index in [0.717, 1.165) is 24.4 Å². The molecule has 0 unspecified atom stereocenters. The quantitative estimate of drug-likeness (QED) is 0.807. The first-order valence-electron chi connectivity index (χ1n) is 9.06. The summed E-state index contributed by atoms with van der Waals surface area (Å²) in [7, 11) is 0. The van der Waals surface area contributed by atoms with E-state index in [1.165, 1.54) is 11.1 Å². The first kappa shape index (κ1) is 17.5. The number of rotatable bonds is 4. The molecule has 0 bridgehead atoms. The maximum Gasteiger partial charge on any atom is 0.268 e. The summed E-state index contributed by atoms with van der Waals surface area (Å²) in [6.07, 6.45) is 1.11. The summed E-state index contributed by atoms with van der Waals surface area (Å²) in [5.41, 5.74) is 3.63. The van der Waals surface area contributed by atoms with E-state index in [9.17, 15) is 4.79 Å². The Morgan fingerprint density at radius 1 is 1.12 bits per heavy atom. The van der Waals surface area contributed by atoms with Crippen LogP contribution in [0.15, 0.2) is 48.5 Å². The fraction of sp³-hybridized carbons (Fsp3) is 0.409. The van der Waals surface area contributed by atoms with Gasteiger partial charge in [-0.05, 0) is 47.6 Å². The van der Waals surface area contributed by atoms with Crippen molar-refractivity contribution in [1.29, 1.82) is 0 Å². The van der Waals surface area contributed by atoms with Crippen LogP contribution in [0.5, 0.6) is 5.75 Å². The predicted octanol–water partition coefficient (Wildman–Crippen LogP) is 4.73. The summed E-state index contributed by atoms with van der Waals surface area (Å²) >= 11 is 0. The highest BCUT2D eigenvalue weighted by molar-refractivity contribution is 5.98. The summed E-state index contributed by atoms with van der Waals surface area (Å²) in [6.45, 7) is 9.29. The van der Waals surface area contributed by atoms with Crippen LogP contribution in [0.1, 0.15) is 45.2 Å². The Morgan fingerprint density at radius 2 is 1.80 bits per heavy atom. The molecular weight excluding hydrogens is 310 g/mol. The highest BCUT2D eigenvalue weighted by atomic mass is 16.5. The SMILES string of the molecule is CC[C@@H](Oc1ccc(C(C)(C)C)cc1)C(=O)N1CCc2ccccc21. The highest BCUT2D eigenvalue weighted by Gasteiger charge is 2.30.